The molecule has 0 atom stereocenters. The first-order valence-corrected chi connectivity index (χ1v) is 6.77. The number of hydrogen-bond donors (Lipinski definition) is 0. The van der Waals surface area contributed by atoms with Crippen molar-refractivity contribution in [3.63, 3.8) is 0 Å². The molecule has 2 aromatic rings. The molecule has 0 spiro atoms. The van der Waals surface area contributed by atoms with E-state index in [1.54, 1.807) is 0 Å². The summed E-state index contributed by atoms with van der Waals surface area (Å²) in [6, 6.07) is 6.06. The Hall–Kier alpha value is -1.10. The number of halogens is 6. The first-order valence-electron chi connectivity index (χ1n) is 5.64. The lowest BCUT2D eigenvalue weighted by molar-refractivity contribution is -0.137. The maximum Gasteiger partial charge on any atom is 0.416 e. The SMILES string of the molecule is COc1cc(C(F)(F)F)ccc1-c1cc(Cl)c(Cl)cc1Cl. The lowest BCUT2D eigenvalue weighted by Crippen LogP contribution is -2.05. The minimum absolute atomic E-state index is 0.0464. The minimum Gasteiger partial charge on any atom is -0.496 e. The van der Waals surface area contributed by atoms with Crippen LogP contribution in [0.1, 0.15) is 5.56 Å². The van der Waals surface area contributed by atoms with Gasteiger partial charge in [-0.25, -0.2) is 0 Å². The van der Waals surface area contributed by atoms with Crippen molar-refractivity contribution in [2.24, 2.45) is 0 Å². The summed E-state index contributed by atoms with van der Waals surface area (Å²) in [5.74, 6) is 0.0464. The summed E-state index contributed by atoms with van der Waals surface area (Å²) in [5, 5.41) is 0.775. The highest BCUT2D eigenvalue weighted by molar-refractivity contribution is 6.44. The number of rotatable bonds is 2. The van der Waals surface area contributed by atoms with E-state index < -0.39 is 11.7 Å². The quantitative estimate of drug-likeness (QED) is 0.571. The number of methoxy groups -OCH3 is 1. The first kappa shape index (κ1) is 16.3. The normalized spacial score (nSPS) is 11.6. The van der Waals surface area contributed by atoms with Crippen molar-refractivity contribution in [2.75, 3.05) is 7.11 Å². The van der Waals surface area contributed by atoms with Crippen molar-refractivity contribution in [1.82, 2.24) is 0 Å². The van der Waals surface area contributed by atoms with Crippen LogP contribution in [-0.2, 0) is 6.18 Å². The predicted octanol–water partition coefficient (Wildman–Crippen LogP) is 6.34. The maximum atomic E-state index is 12.7. The molecule has 0 radical (unpaired) electrons. The Labute approximate surface area is 134 Å². The third-order valence-corrected chi connectivity index (χ3v) is 3.86. The predicted molar refractivity (Wildman–Crippen MR) is 78.5 cm³/mol. The molecule has 2 rings (SSSR count). The van der Waals surface area contributed by atoms with Gasteiger partial charge in [0.2, 0.25) is 0 Å². The molecule has 0 unspecified atom stereocenters. The van der Waals surface area contributed by atoms with Gasteiger partial charge in [0.25, 0.3) is 0 Å². The van der Waals surface area contributed by atoms with Gasteiger partial charge in [0.15, 0.2) is 0 Å². The van der Waals surface area contributed by atoms with Crippen LogP contribution in [0.15, 0.2) is 30.3 Å². The van der Waals surface area contributed by atoms with E-state index in [2.05, 4.69) is 0 Å². The monoisotopic (exact) mass is 354 g/mol. The Morgan fingerprint density at radius 2 is 1.48 bits per heavy atom. The molecule has 0 aliphatic rings. The van der Waals surface area contributed by atoms with Crippen molar-refractivity contribution in [1.29, 1.82) is 0 Å². The number of alkyl halides is 3. The fourth-order valence-corrected chi connectivity index (χ4v) is 2.47. The summed E-state index contributed by atoms with van der Waals surface area (Å²) >= 11 is 17.8. The molecule has 21 heavy (non-hydrogen) atoms. The largest absolute Gasteiger partial charge is 0.496 e. The van der Waals surface area contributed by atoms with Gasteiger partial charge in [-0.1, -0.05) is 34.8 Å². The summed E-state index contributed by atoms with van der Waals surface area (Å²) in [6.07, 6.45) is -4.45. The van der Waals surface area contributed by atoms with Crippen molar-refractivity contribution in [2.45, 2.75) is 6.18 Å². The van der Waals surface area contributed by atoms with Crippen molar-refractivity contribution in [3.8, 4) is 16.9 Å². The molecule has 7 heteroatoms. The summed E-state index contributed by atoms with van der Waals surface area (Å²) in [6.45, 7) is 0. The lowest BCUT2D eigenvalue weighted by atomic mass is 10.0. The van der Waals surface area contributed by atoms with Gasteiger partial charge in [-0.05, 0) is 30.3 Å². The molecule has 0 saturated heterocycles. The van der Waals surface area contributed by atoms with Crippen molar-refractivity contribution in [3.05, 3.63) is 51.0 Å². The van der Waals surface area contributed by atoms with Gasteiger partial charge in [-0.3, -0.25) is 0 Å². The van der Waals surface area contributed by atoms with E-state index in [1.807, 2.05) is 0 Å². The molecule has 0 aromatic heterocycles. The molecule has 0 aliphatic heterocycles. The molecular formula is C14H8Cl3F3O. The van der Waals surface area contributed by atoms with Crippen LogP contribution in [0, 0.1) is 0 Å². The highest BCUT2D eigenvalue weighted by Crippen LogP contribution is 2.41. The number of benzene rings is 2. The van der Waals surface area contributed by atoms with E-state index in [1.165, 1.54) is 25.3 Å². The fraction of sp³-hybridized carbons (Fsp3) is 0.143. The summed E-state index contributed by atoms with van der Waals surface area (Å²) in [5.41, 5.74) is 0.0324. The van der Waals surface area contributed by atoms with Gasteiger partial charge >= 0.3 is 6.18 Å². The van der Waals surface area contributed by atoms with Gasteiger partial charge in [-0.2, -0.15) is 13.2 Å². The average Bonchev–Trinajstić information content (AvgIpc) is 2.41. The molecule has 0 aliphatic carbocycles. The second-order valence-electron chi connectivity index (χ2n) is 4.16. The number of ether oxygens (including phenoxy) is 1. The van der Waals surface area contributed by atoms with E-state index in [0.717, 1.165) is 12.1 Å². The zero-order valence-corrected chi connectivity index (χ0v) is 12.8. The zero-order valence-electron chi connectivity index (χ0n) is 10.6. The molecule has 0 saturated carbocycles. The molecule has 0 bridgehead atoms. The Morgan fingerprint density at radius 3 is 2.05 bits per heavy atom. The second kappa shape index (κ2) is 5.95. The Balaban J connectivity index is 2.62. The van der Waals surface area contributed by atoms with Gasteiger partial charge < -0.3 is 4.74 Å². The minimum atomic E-state index is -4.45. The molecule has 0 heterocycles. The van der Waals surface area contributed by atoms with Gasteiger partial charge in [0.05, 0.1) is 27.7 Å². The van der Waals surface area contributed by atoms with Crippen LogP contribution in [0.2, 0.25) is 15.1 Å². The molecule has 2 aromatic carbocycles. The van der Waals surface area contributed by atoms with Crippen LogP contribution in [0.3, 0.4) is 0 Å². The van der Waals surface area contributed by atoms with Crippen LogP contribution in [0.4, 0.5) is 13.2 Å². The molecule has 0 amide bonds. The van der Waals surface area contributed by atoms with E-state index in [4.69, 9.17) is 39.5 Å². The Bertz CT molecular complexity index is 684. The summed E-state index contributed by atoms with van der Waals surface area (Å²) < 4.78 is 43.2. The Morgan fingerprint density at radius 1 is 0.857 bits per heavy atom. The van der Waals surface area contributed by atoms with Crippen LogP contribution in [-0.4, -0.2) is 7.11 Å². The van der Waals surface area contributed by atoms with Crippen LogP contribution in [0.5, 0.6) is 5.75 Å². The number of hydrogen-bond acceptors (Lipinski definition) is 1. The van der Waals surface area contributed by atoms with E-state index in [-0.39, 0.29) is 20.8 Å². The maximum absolute atomic E-state index is 12.7. The van der Waals surface area contributed by atoms with Gasteiger partial charge in [0.1, 0.15) is 5.75 Å². The van der Waals surface area contributed by atoms with Crippen molar-refractivity contribution < 1.29 is 17.9 Å². The Kier molecular flexibility index (Phi) is 4.61. The van der Waals surface area contributed by atoms with Crippen LogP contribution >= 0.6 is 34.8 Å². The van der Waals surface area contributed by atoms with Gasteiger partial charge in [-0.15, -0.1) is 0 Å². The second-order valence-corrected chi connectivity index (χ2v) is 5.38. The highest BCUT2D eigenvalue weighted by atomic mass is 35.5. The van der Waals surface area contributed by atoms with E-state index in [9.17, 15) is 13.2 Å². The fourth-order valence-electron chi connectivity index (χ4n) is 1.82. The zero-order chi connectivity index (χ0) is 15.8. The van der Waals surface area contributed by atoms with E-state index >= 15 is 0 Å². The average molecular weight is 356 g/mol. The molecule has 0 N–H and O–H groups in total. The molecular weight excluding hydrogens is 348 g/mol. The topological polar surface area (TPSA) is 9.23 Å². The highest BCUT2D eigenvalue weighted by Gasteiger charge is 2.31. The van der Waals surface area contributed by atoms with Crippen molar-refractivity contribution >= 4 is 34.8 Å². The summed E-state index contributed by atoms with van der Waals surface area (Å²) in [7, 11) is 1.28. The summed E-state index contributed by atoms with van der Waals surface area (Å²) in [4.78, 5) is 0. The van der Waals surface area contributed by atoms with Crippen LogP contribution < -0.4 is 4.74 Å². The smallest absolute Gasteiger partial charge is 0.416 e. The van der Waals surface area contributed by atoms with E-state index in [0.29, 0.717) is 11.1 Å². The lowest BCUT2D eigenvalue weighted by Gasteiger charge is -2.14. The first-order chi connectivity index (χ1) is 9.74. The molecule has 0 fully saturated rings. The van der Waals surface area contributed by atoms with Crippen LogP contribution in [0.25, 0.3) is 11.1 Å². The standard InChI is InChI=1S/C14H8Cl3F3O/c1-21-13-4-7(14(18,19)20)2-3-8(13)9-5-11(16)12(17)6-10(9)15/h2-6H,1H3. The molecule has 1 nitrogen and oxygen atoms in total. The third-order valence-electron chi connectivity index (χ3n) is 2.83. The van der Waals surface area contributed by atoms with Gasteiger partial charge in [0, 0.05) is 11.1 Å². The third kappa shape index (κ3) is 3.39. The molecule has 112 valence electrons.